The van der Waals surface area contributed by atoms with Crippen molar-refractivity contribution >= 4 is 16.9 Å². The molecule has 154 valence electrons. The van der Waals surface area contributed by atoms with Crippen LogP contribution in [0.5, 0.6) is 0 Å². The van der Waals surface area contributed by atoms with Gasteiger partial charge >= 0.3 is 0 Å². The third-order valence-electron chi connectivity index (χ3n) is 5.94. The van der Waals surface area contributed by atoms with Gasteiger partial charge in [-0.05, 0) is 29.8 Å². The fraction of sp³-hybridized carbons (Fsp3) is 0.304. The molecule has 1 aromatic heterocycles. The number of carbonyl (C=O) groups is 1. The lowest BCUT2D eigenvalue weighted by Crippen LogP contribution is -3.14. The Morgan fingerprint density at radius 3 is 2.67 bits per heavy atom. The van der Waals surface area contributed by atoms with Gasteiger partial charge in [-0.15, -0.1) is 0 Å². The summed E-state index contributed by atoms with van der Waals surface area (Å²) in [5.41, 5.74) is 1.01. The van der Waals surface area contributed by atoms with E-state index in [0.717, 1.165) is 19.6 Å². The smallest absolute Gasteiger partial charge is 0.291 e. The van der Waals surface area contributed by atoms with Crippen LogP contribution >= 0.6 is 0 Å². The molecular formula is C23H22FN2O4+. The maximum atomic E-state index is 14.0. The van der Waals surface area contributed by atoms with Crippen molar-refractivity contribution in [2.45, 2.75) is 6.04 Å². The van der Waals surface area contributed by atoms with Crippen molar-refractivity contribution in [2.24, 2.45) is 0 Å². The van der Waals surface area contributed by atoms with E-state index in [4.69, 9.17) is 9.15 Å². The summed E-state index contributed by atoms with van der Waals surface area (Å²) < 4.78 is 25.3. The van der Waals surface area contributed by atoms with Gasteiger partial charge in [-0.1, -0.05) is 24.3 Å². The molecule has 6 nitrogen and oxygen atoms in total. The second-order valence-corrected chi connectivity index (χ2v) is 7.74. The van der Waals surface area contributed by atoms with Gasteiger partial charge in [-0.2, -0.15) is 0 Å². The van der Waals surface area contributed by atoms with Crippen molar-refractivity contribution in [3.63, 3.8) is 0 Å². The summed E-state index contributed by atoms with van der Waals surface area (Å²) in [6, 6.07) is 12.3. The molecule has 1 saturated heterocycles. The van der Waals surface area contributed by atoms with Gasteiger partial charge < -0.3 is 19.0 Å². The quantitative estimate of drug-likeness (QED) is 0.708. The number of ether oxygens (including phenoxy) is 1. The molecule has 5 rings (SSSR count). The van der Waals surface area contributed by atoms with Crippen LogP contribution in [-0.4, -0.2) is 50.2 Å². The number of nitrogens with one attached hydrogen (secondary N) is 1. The van der Waals surface area contributed by atoms with E-state index in [1.165, 1.54) is 17.0 Å². The molecule has 0 unspecified atom stereocenters. The molecule has 0 saturated carbocycles. The standard InChI is InChI=1S/C23H21FN2O4/c24-16-5-3-4-15(14-16)20-19-21(27)17-6-1-2-7-18(17)30-22(19)23(28)26(20)9-8-25-10-12-29-13-11-25/h1-7,14,20H,8-13H2/p+1/t20-/m0/s1. The minimum atomic E-state index is -0.663. The molecule has 0 aliphatic carbocycles. The van der Waals surface area contributed by atoms with E-state index in [0.29, 0.717) is 41.9 Å². The van der Waals surface area contributed by atoms with Crippen LogP contribution in [0.3, 0.4) is 0 Å². The van der Waals surface area contributed by atoms with Crippen LogP contribution in [0.15, 0.2) is 57.7 Å². The van der Waals surface area contributed by atoms with E-state index in [1.54, 1.807) is 41.3 Å². The van der Waals surface area contributed by atoms with E-state index in [-0.39, 0.29) is 17.1 Å². The van der Waals surface area contributed by atoms with Crippen molar-refractivity contribution < 1.29 is 23.2 Å². The van der Waals surface area contributed by atoms with Crippen molar-refractivity contribution in [1.82, 2.24) is 4.90 Å². The number of hydrogen-bond acceptors (Lipinski definition) is 4. The van der Waals surface area contributed by atoms with Crippen molar-refractivity contribution in [1.29, 1.82) is 0 Å². The molecule has 1 atom stereocenters. The highest BCUT2D eigenvalue weighted by Gasteiger charge is 2.43. The van der Waals surface area contributed by atoms with Gasteiger partial charge in [0.15, 0.2) is 5.43 Å². The third kappa shape index (κ3) is 3.20. The molecule has 1 N–H and O–H groups in total. The lowest BCUT2D eigenvalue weighted by Gasteiger charge is -2.29. The number of nitrogens with zero attached hydrogens (tertiary/aromatic N) is 1. The molecule has 2 aliphatic rings. The molecule has 0 radical (unpaired) electrons. The van der Waals surface area contributed by atoms with E-state index < -0.39 is 11.9 Å². The minimum absolute atomic E-state index is 0.0601. The Balaban J connectivity index is 1.60. The Kier molecular flexibility index (Phi) is 4.84. The first kappa shape index (κ1) is 19.0. The first-order valence-electron chi connectivity index (χ1n) is 10.2. The van der Waals surface area contributed by atoms with E-state index >= 15 is 0 Å². The first-order valence-corrected chi connectivity index (χ1v) is 10.2. The molecular weight excluding hydrogens is 387 g/mol. The van der Waals surface area contributed by atoms with Gasteiger partial charge in [0, 0.05) is 0 Å². The number of rotatable bonds is 4. The number of quaternary nitrogens is 1. The molecule has 7 heteroatoms. The normalized spacial score (nSPS) is 19.4. The van der Waals surface area contributed by atoms with Gasteiger partial charge in [0.05, 0.1) is 43.3 Å². The number of benzene rings is 2. The SMILES string of the molecule is O=C1c2oc3ccccc3c(=O)c2[C@H](c2cccc(F)c2)N1CC[NH+]1CCOCC1. The maximum absolute atomic E-state index is 14.0. The highest BCUT2D eigenvalue weighted by molar-refractivity contribution is 5.99. The molecule has 0 spiro atoms. The van der Waals surface area contributed by atoms with Crippen LogP contribution in [-0.2, 0) is 4.74 Å². The number of halogens is 1. The molecule has 30 heavy (non-hydrogen) atoms. The summed E-state index contributed by atoms with van der Waals surface area (Å²) in [6.07, 6.45) is 0. The summed E-state index contributed by atoms with van der Waals surface area (Å²) in [5.74, 6) is -0.669. The highest BCUT2D eigenvalue weighted by atomic mass is 19.1. The number of para-hydroxylation sites is 1. The summed E-state index contributed by atoms with van der Waals surface area (Å²) in [5, 5.41) is 0.422. The summed E-state index contributed by atoms with van der Waals surface area (Å²) in [7, 11) is 0. The van der Waals surface area contributed by atoms with E-state index in [1.807, 2.05) is 0 Å². The predicted molar refractivity (Wildman–Crippen MR) is 108 cm³/mol. The number of fused-ring (bicyclic) bond motifs is 2. The largest absolute Gasteiger partial charge is 0.450 e. The molecule has 0 bridgehead atoms. The average Bonchev–Trinajstić information content (AvgIpc) is 3.05. The summed E-state index contributed by atoms with van der Waals surface area (Å²) in [6.45, 7) is 4.31. The minimum Gasteiger partial charge on any atom is -0.450 e. The van der Waals surface area contributed by atoms with Crippen molar-refractivity contribution in [3.05, 3.63) is 81.5 Å². The highest BCUT2D eigenvalue weighted by Crippen LogP contribution is 2.37. The zero-order valence-corrected chi connectivity index (χ0v) is 16.4. The van der Waals surface area contributed by atoms with Gasteiger partial charge in [0.2, 0.25) is 5.76 Å². The molecule has 1 fully saturated rings. The zero-order chi connectivity index (χ0) is 20.7. The lowest BCUT2D eigenvalue weighted by molar-refractivity contribution is -0.907. The zero-order valence-electron chi connectivity index (χ0n) is 16.4. The fourth-order valence-corrected chi connectivity index (χ4v) is 4.41. The number of carbonyl (C=O) groups excluding carboxylic acids is 1. The monoisotopic (exact) mass is 409 g/mol. The second kappa shape index (κ2) is 7.66. The molecule has 3 aromatic rings. The van der Waals surface area contributed by atoms with Crippen molar-refractivity contribution in [3.8, 4) is 0 Å². The third-order valence-corrected chi connectivity index (χ3v) is 5.94. The Labute approximate surface area is 172 Å². The van der Waals surface area contributed by atoms with Crippen LogP contribution in [0.1, 0.15) is 27.7 Å². The predicted octanol–water partition coefficient (Wildman–Crippen LogP) is 1.39. The molecule has 3 heterocycles. The number of hydrogen-bond donors (Lipinski definition) is 1. The van der Waals surface area contributed by atoms with Crippen LogP contribution in [0, 0.1) is 5.82 Å². The number of morpholine rings is 1. The van der Waals surface area contributed by atoms with Crippen LogP contribution in [0.2, 0.25) is 0 Å². The van der Waals surface area contributed by atoms with Crippen LogP contribution < -0.4 is 10.3 Å². The van der Waals surface area contributed by atoms with Gasteiger partial charge in [-0.3, -0.25) is 9.59 Å². The van der Waals surface area contributed by atoms with E-state index in [2.05, 4.69) is 0 Å². The maximum Gasteiger partial charge on any atom is 0.291 e. The Morgan fingerprint density at radius 1 is 1.07 bits per heavy atom. The van der Waals surface area contributed by atoms with E-state index in [9.17, 15) is 14.0 Å². The molecule has 2 aliphatic heterocycles. The lowest BCUT2D eigenvalue weighted by atomic mass is 9.98. The van der Waals surface area contributed by atoms with Crippen molar-refractivity contribution in [2.75, 3.05) is 39.4 Å². The van der Waals surface area contributed by atoms with Gasteiger partial charge in [0.1, 0.15) is 24.5 Å². The average molecular weight is 409 g/mol. The summed E-state index contributed by atoms with van der Waals surface area (Å²) >= 11 is 0. The molecule has 1 amide bonds. The molecule has 2 aromatic carbocycles. The first-order chi connectivity index (χ1) is 14.6. The Hall–Kier alpha value is -3.03. The Morgan fingerprint density at radius 2 is 1.87 bits per heavy atom. The van der Waals surface area contributed by atoms with Crippen LogP contribution in [0.25, 0.3) is 11.0 Å². The second-order valence-electron chi connectivity index (χ2n) is 7.74. The fourth-order valence-electron chi connectivity index (χ4n) is 4.41. The van der Waals surface area contributed by atoms with Gasteiger partial charge in [0.25, 0.3) is 5.91 Å². The summed E-state index contributed by atoms with van der Waals surface area (Å²) in [4.78, 5) is 29.6. The Bertz CT molecular complexity index is 1170. The van der Waals surface area contributed by atoms with Crippen LogP contribution in [0.4, 0.5) is 4.39 Å². The number of amides is 1. The van der Waals surface area contributed by atoms with Gasteiger partial charge in [-0.25, -0.2) is 4.39 Å². The topological polar surface area (TPSA) is 64.2 Å².